The van der Waals surface area contributed by atoms with Crippen LogP contribution in [0, 0.1) is 0 Å². The van der Waals surface area contributed by atoms with Crippen molar-refractivity contribution in [3.05, 3.63) is 71.3 Å². The minimum absolute atomic E-state index is 0.0216. The molecule has 0 aliphatic rings. The molecule has 4 nitrogen and oxygen atoms in total. The molecular formula is C21H25NO3. The van der Waals surface area contributed by atoms with Crippen LogP contribution in [0.4, 0.5) is 0 Å². The number of ether oxygens (including phenoxy) is 1. The number of carbonyl (C=O) groups excluding carboxylic acids is 2. The Balaban J connectivity index is 1.63. The molecule has 4 heteroatoms. The maximum atomic E-state index is 11.9. The third-order valence-corrected chi connectivity index (χ3v) is 4.01. The van der Waals surface area contributed by atoms with Crippen molar-refractivity contribution in [2.24, 2.45) is 0 Å². The van der Waals surface area contributed by atoms with Gasteiger partial charge in [-0.3, -0.25) is 9.59 Å². The summed E-state index contributed by atoms with van der Waals surface area (Å²) in [5.41, 5.74) is 2.71. The Kier molecular flexibility index (Phi) is 7.36. The van der Waals surface area contributed by atoms with Gasteiger partial charge in [0.15, 0.2) is 5.78 Å². The third-order valence-electron chi connectivity index (χ3n) is 4.01. The Labute approximate surface area is 149 Å². The number of nitrogens with one attached hydrogen (secondary N) is 1. The van der Waals surface area contributed by atoms with Crippen molar-refractivity contribution in [1.82, 2.24) is 5.32 Å². The molecule has 1 amide bonds. The lowest BCUT2D eigenvalue weighted by Crippen LogP contribution is -2.26. The fraction of sp³-hybridized carbons (Fsp3) is 0.333. The molecule has 0 heterocycles. The smallest absolute Gasteiger partial charge is 0.224 e. The second-order valence-electron chi connectivity index (χ2n) is 6.06. The van der Waals surface area contributed by atoms with Gasteiger partial charge in [0.2, 0.25) is 5.91 Å². The first kappa shape index (κ1) is 18.9. The van der Waals surface area contributed by atoms with Crippen molar-refractivity contribution in [2.75, 3.05) is 13.2 Å². The van der Waals surface area contributed by atoms with Crippen LogP contribution in [0.1, 0.15) is 47.9 Å². The number of hydrogen-bond donors (Lipinski definition) is 1. The van der Waals surface area contributed by atoms with Crippen molar-refractivity contribution < 1.29 is 14.3 Å². The lowest BCUT2D eigenvalue weighted by Gasteiger charge is -2.13. The highest BCUT2D eigenvalue weighted by molar-refractivity contribution is 5.94. The first-order valence-corrected chi connectivity index (χ1v) is 8.59. The fourth-order valence-corrected chi connectivity index (χ4v) is 2.49. The van der Waals surface area contributed by atoms with E-state index in [2.05, 4.69) is 5.32 Å². The van der Waals surface area contributed by atoms with Crippen LogP contribution in [0.3, 0.4) is 0 Å². The van der Waals surface area contributed by atoms with Crippen LogP contribution in [0.15, 0.2) is 54.6 Å². The van der Waals surface area contributed by atoms with Crippen molar-refractivity contribution in [1.29, 1.82) is 0 Å². The van der Waals surface area contributed by atoms with E-state index >= 15 is 0 Å². The molecule has 0 saturated carbocycles. The molecule has 0 saturated heterocycles. The predicted octanol–water partition coefficient (Wildman–Crippen LogP) is 3.72. The van der Waals surface area contributed by atoms with Crippen molar-refractivity contribution in [3.8, 4) is 0 Å². The molecule has 132 valence electrons. The lowest BCUT2D eigenvalue weighted by molar-refractivity contribution is -0.120. The number of hydrogen-bond acceptors (Lipinski definition) is 3. The molecule has 1 N–H and O–H groups in total. The quantitative estimate of drug-likeness (QED) is 0.560. The van der Waals surface area contributed by atoms with Crippen LogP contribution in [0.5, 0.6) is 0 Å². The highest BCUT2D eigenvalue weighted by atomic mass is 16.5. The Morgan fingerprint density at radius 1 is 1.04 bits per heavy atom. The maximum Gasteiger partial charge on any atom is 0.224 e. The summed E-state index contributed by atoms with van der Waals surface area (Å²) < 4.78 is 5.78. The summed E-state index contributed by atoms with van der Waals surface area (Å²) in [5.74, 6) is 0.00687. The van der Waals surface area contributed by atoms with Gasteiger partial charge in [0, 0.05) is 18.7 Å². The maximum absolute atomic E-state index is 11.9. The molecule has 1 atom stereocenters. The number of ketones is 1. The van der Waals surface area contributed by atoms with Crippen molar-refractivity contribution in [2.45, 2.75) is 32.8 Å². The van der Waals surface area contributed by atoms with E-state index in [1.54, 1.807) is 12.1 Å². The second-order valence-corrected chi connectivity index (χ2v) is 6.06. The van der Waals surface area contributed by atoms with Crippen LogP contribution in [0.25, 0.3) is 0 Å². The zero-order valence-corrected chi connectivity index (χ0v) is 14.8. The minimum atomic E-state index is -0.0216. The Morgan fingerprint density at radius 3 is 2.36 bits per heavy atom. The second kappa shape index (κ2) is 9.74. The summed E-state index contributed by atoms with van der Waals surface area (Å²) in [4.78, 5) is 23.2. The van der Waals surface area contributed by atoms with Gasteiger partial charge >= 0.3 is 0 Å². The molecular weight excluding hydrogens is 314 g/mol. The average molecular weight is 339 g/mol. The van der Waals surface area contributed by atoms with Crippen LogP contribution in [-0.2, 0) is 16.0 Å². The average Bonchev–Trinajstić information content (AvgIpc) is 2.62. The van der Waals surface area contributed by atoms with Gasteiger partial charge in [-0.1, -0.05) is 54.6 Å². The van der Waals surface area contributed by atoms with E-state index in [0.717, 1.165) is 17.5 Å². The summed E-state index contributed by atoms with van der Waals surface area (Å²) >= 11 is 0. The van der Waals surface area contributed by atoms with Gasteiger partial charge in [0.05, 0.1) is 12.5 Å². The van der Waals surface area contributed by atoms with Crippen LogP contribution < -0.4 is 5.32 Å². The zero-order chi connectivity index (χ0) is 18.1. The lowest BCUT2D eigenvalue weighted by atomic mass is 10.1. The van der Waals surface area contributed by atoms with E-state index in [1.807, 2.05) is 49.4 Å². The molecule has 25 heavy (non-hydrogen) atoms. The molecule has 2 rings (SSSR count). The predicted molar refractivity (Wildman–Crippen MR) is 98.6 cm³/mol. The van der Waals surface area contributed by atoms with Gasteiger partial charge in [-0.15, -0.1) is 0 Å². The fourth-order valence-electron chi connectivity index (χ4n) is 2.49. The third kappa shape index (κ3) is 6.51. The first-order valence-electron chi connectivity index (χ1n) is 8.59. The number of benzene rings is 2. The van der Waals surface area contributed by atoms with Gasteiger partial charge < -0.3 is 10.1 Å². The summed E-state index contributed by atoms with van der Waals surface area (Å²) in [6.07, 6.45) is 1.14. The van der Waals surface area contributed by atoms with Crippen molar-refractivity contribution >= 4 is 11.7 Å². The SMILES string of the molecule is CC(=O)c1ccc(CC(=O)NCCCO[C@H](C)c2ccccc2)cc1. The largest absolute Gasteiger partial charge is 0.374 e. The van der Waals surface area contributed by atoms with Gasteiger partial charge in [-0.2, -0.15) is 0 Å². The van der Waals surface area contributed by atoms with E-state index in [-0.39, 0.29) is 17.8 Å². The monoisotopic (exact) mass is 339 g/mol. The Hall–Kier alpha value is -2.46. The number of Topliss-reactive ketones (excluding diaryl/α,β-unsaturated/α-hetero) is 1. The van der Waals surface area contributed by atoms with Gasteiger partial charge in [0.1, 0.15) is 0 Å². The molecule has 2 aromatic rings. The van der Waals surface area contributed by atoms with E-state index in [0.29, 0.717) is 25.1 Å². The van der Waals surface area contributed by atoms with E-state index in [4.69, 9.17) is 4.74 Å². The van der Waals surface area contributed by atoms with Gasteiger partial charge in [-0.05, 0) is 31.4 Å². The first-order chi connectivity index (χ1) is 12.1. The van der Waals surface area contributed by atoms with Gasteiger partial charge in [-0.25, -0.2) is 0 Å². The highest BCUT2D eigenvalue weighted by Crippen LogP contribution is 2.15. The molecule has 0 radical (unpaired) electrons. The minimum Gasteiger partial charge on any atom is -0.374 e. The molecule has 0 aliphatic heterocycles. The summed E-state index contributed by atoms with van der Waals surface area (Å²) in [7, 11) is 0. The van der Waals surface area contributed by atoms with Crippen molar-refractivity contribution in [3.63, 3.8) is 0 Å². The molecule has 0 fully saturated rings. The highest BCUT2D eigenvalue weighted by Gasteiger charge is 2.06. The molecule has 0 spiro atoms. The normalized spacial score (nSPS) is 11.8. The molecule has 2 aromatic carbocycles. The van der Waals surface area contributed by atoms with Crippen LogP contribution in [0.2, 0.25) is 0 Å². The van der Waals surface area contributed by atoms with E-state index in [9.17, 15) is 9.59 Å². The molecule has 0 aliphatic carbocycles. The Morgan fingerprint density at radius 2 is 1.72 bits per heavy atom. The van der Waals surface area contributed by atoms with Gasteiger partial charge in [0.25, 0.3) is 0 Å². The molecule has 0 bridgehead atoms. The topological polar surface area (TPSA) is 55.4 Å². The zero-order valence-electron chi connectivity index (χ0n) is 14.8. The molecule has 0 unspecified atom stereocenters. The summed E-state index contributed by atoms with van der Waals surface area (Å²) in [5, 5.41) is 2.90. The summed E-state index contributed by atoms with van der Waals surface area (Å²) in [6.45, 7) is 4.75. The molecule has 0 aromatic heterocycles. The van der Waals surface area contributed by atoms with Crippen LogP contribution >= 0.6 is 0 Å². The number of rotatable bonds is 9. The van der Waals surface area contributed by atoms with Crippen LogP contribution in [-0.4, -0.2) is 24.8 Å². The standard InChI is InChI=1S/C21H25NO3/c1-16(23)19-11-9-18(10-12-19)15-21(24)22-13-6-14-25-17(2)20-7-4-3-5-8-20/h3-5,7-12,17H,6,13-15H2,1-2H3,(H,22,24)/t17-/m1/s1. The number of carbonyl (C=O) groups is 2. The van der Waals surface area contributed by atoms with E-state index < -0.39 is 0 Å². The summed E-state index contributed by atoms with van der Waals surface area (Å²) in [6, 6.07) is 17.2. The van der Waals surface area contributed by atoms with E-state index in [1.165, 1.54) is 6.92 Å². The number of amides is 1. The Bertz CT molecular complexity index is 680.